The van der Waals surface area contributed by atoms with Gasteiger partial charge in [0, 0.05) is 28.6 Å². The SMILES string of the molecule is Cc1cccc(-c2nc(SCc3noc(CCC(=O)Nc4cccc(Br)c4)n3)n[nH]2)c1. The molecule has 2 aromatic heterocycles. The Bertz CT molecular complexity index is 1190. The Balaban J connectivity index is 1.26. The number of anilines is 1. The maximum Gasteiger partial charge on any atom is 0.227 e. The van der Waals surface area contributed by atoms with Gasteiger partial charge in [-0.15, -0.1) is 5.10 Å². The predicted molar refractivity (Wildman–Crippen MR) is 122 cm³/mol. The standard InChI is InChI=1S/C21H19BrN6O2S/c1-13-4-2-5-14(10-13)20-25-21(27-26-20)31-12-17-24-19(30-28-17)9-8-18(29)23-16-7-3-6-15(22)11-16/h2-7,10-11H,8-9,12H2,1H3,(H,23,29)(H,25,26,27). The first-order valence-corrected chi connectivity index (χ1v) is 11.3. The largest absolute Gasteiger partial charge is 0.339 e. The monoisotopic (exact) mass is 498 g/mol. The van der Waals surface area contributed by atoms with Gasteiger partial charge in [-0.3, -0.25) is 9.89 Å². The number of amides is 1. The summed E-state index contributed by atoms with van der Waals surface area (Å²) in [5.41, 5.74) is 2.88. The van der Waals surface area contributed by atoms with E-state index in [1.165, 1.54) is 11.8 Å². The molecule has 1 amide bonds. The highest BCUT2D eigenvalue weighted by Gasteiger charge is 2.12. The third-order valence-corrected chi connectivity index (χ3v) is 5.61. The molecule has 0 aliphatic carbocycles. The van der Waals surface area contributed by atoms with Gasteiger partial charge in [-0.05, 0) is 31.2 Å². The molecule has 0 fully saturated rings. The molecular weight excluding hydrogens is 480 g/mol. The maximum absolute atomic E-state index is 12.1. The quantitative estimate of drug-likeness (QED) is 0.336. The topological polar surface area (TPSA) is 110 Å². The molecule has 0 aliphatic heterocycles. The molecule has 0 bridgehead atoms. The van der Waals surface area contributed by atoms with Crippen LogP contribution in [0.3, 0.4) is 0 Å². The summed E-state index contributed by atoms with van der Waals surface area (Å²) in [5.74, 6) is 2.04. The Hall–Kier alpha value is -2.98. The summed E-state index contributed by atoms with van der Waals surface area (Å²) < 4.78 is 6.15. The Morgan fingerprint density at radius 1 is 1.19 bits per heavy atom. The highest BCUT2D eigenvalue weighted by atomic mass is 79.9. The second-order valence-corrected chi connectivity index (χ2v) is 8.65. The van der Waals surface area contributed by atoms with Crippen molar-refractivity contribution < 1.29 is 9.32 Å². The minimum atomic E-state index is -0.114. The molecule has 158 valence electrons. The minimum Gasteiger partial charge on any atom is -0.339 e. The molecule has 2 N–H and O–H groups in total. The van der Waals surface area contributed by atoms with Crippen LogP contribution in [0.1, 0.15) is 23.7 Å². The number of halogens is 1. The number of aromatic amines is 1. The van der Waals surface area contributed by atoms with Crippen LogP contribution in [-0.4, -0.2) is 31.2 Å². The molecule has 0 saturated heterocycles. The third kappa shape index (κ3) is 6.02. The van der Waals surface area contributed by atoms with Gasteiger partial charge in [0.05, 0.1) is 5.75 Å². The molecule has 0 spiro atoms. The molecule has 0 radical (unpaired) electrons. The lowest BCUT2D eigenvalue weighted by Gasteiger charge is -2.04. The van der Waals surface area contributed by atoms with Crippen LogP contribution >= 0.6 is 27.7 Å². The smallest absolute Gasteiger partial charge is 0.227 e. The van der Waals surface area contributed by atoms with E-state index in [4.69, 9.17) is 4.52 Å². The second-order valence-electron chi connectivity index (χ2n) is 6.79. The molecule has 10 heteroatoms. The molecule has 2 heterocycles. The van der Waals surface area contributed by atoms with Crippen LogP contribution in [0.15, 0.2) is 62.7 Å². The zero-order chi connectivity index (χ0) is 21.6. The molecule has 2 aromatic carbocycles. The van der Waals surface area contributed by atoms with E-state index < -0.39 is 0 Å². The van der Waals surface area contributed by atoms with Gasteiger partial charge in [0.15, 0.2) is 11.6 Å². The first-order valence-electron chi connectivity index (χ1n) is 9.54. The van der Waals surface area contributed by atoms with E-state index in [9.17, 15) is 4.79 Å². The van der Waals surface area contributed by atoms with E-state index >= 15 is 0 Å². The van der Waals surface area contributed by atoms with Crippen molar-refractivity contribution in [3.63, 3.8) is 0 Å². The van der Waals surface area contributed by atoms with Crippen LogP contribution in [0, 0.1) is 6.92 Å². The van der Waals surface area contributed by atoms with Crippen LogP contribution in [0.4, 0.5) is 5.69 Å². The number of hydrogen-bond acceptors (Lipinski definition) is 7. The first kappa shape index (κ1) is 21.3. The van der Waals surface area contributed by atoms with E-state index in [1.54, 1.807) is 0 Å². The Morgan fingerprint density at radius 3 is 2.90 bits per heavy atom. The fourth-order valence-corrected chi connectivity index (χ4v) is 3.86. The normalized spacial score (nSPS) is 10.9. The molecule has 0 unspecified atom stereocenters. The van der Waals surface area contributed by atoms with Crippen molar-refractivity contribution in [1.82, 2.24) is 25.3 Å². The molecule has 0 aliphatic rings. The minimum absolute atomic E-state index is 0.114. The van der Waals surface area contributed by atoms with Gasteiger partial charge >= 0.3 is 0 Å². The average Bonchev–Trinajstić information content (AvgIpc) is 3.40. The second kappa shape index (κ2) is 9.88. The Labute approximate surface area is 191 Å². The summed E-state index contributed by atoms with van der Waals surface area (Å²) in [6.07, 6.45) is 0.623. The number of nitrogens with one attached hydrogen (secondary N) is 2. The summed E-state index contributed by atoms with van der Waals surface area (Å²) in [6, 6.07) is 15.5. The van der Waals surface area contributed by atoms with Gasteiger partial charge in [-0.2, -0.15) is 4.98 Å². The van der Waals surface area contributed by atoms with Gasteiger partial charge in [0.2, 0.25) is 17.0 Å². The highest BCUT2D eigenvalue weighted by Crippen LogP contribution is 2.22. The van der Waals surface area contributed by atoms with Gasteiger partial charge in [0.1, 0.15) is 0 Å². The van der Waals surface area contributed by atoms with E-state index in [-0.39, 0.29) is 12.3 Å². The summed E-state index contributed by atoms with van der Waals surface area (Å²) in [4.78, 5) is 21.0. The van der Waals surface area contributed by atoms with Crippen LogP contribution < -0.4 is 5.32 Å². The van der Waals surface area contributed by atoms with Crippen molar-refractivity contribution in [2.45, 2.75) is 30.7 Å². The van der Waals surface area contributed by atoms with Crippen molar-refractivity contribution >= 4 is 39.3 Å². The Kier molecular flexibility index (Phi) is 6.78. The number of thioether (sulfide) groups is 1. The van der Waals surface area contributed by atoms with Crippen molar-refractivity contribution in [3.8, 4) is 11.4 Å². The number of carbonyl (C=O) groups is 1. The number of benzene rings is 2. The summed E-state index contributed by atoms with van der Waals surface area (Å²) >= 11 is 4.79. The number of hydrogen-bond donors (Lipinski definition) is 2. The molecule has 0 saturated carbocycles. The van der Waals surface area contributed by atoms with Crippen molar-refractivity contribution in [2.75, 3.05) is 5.32 Å². The summed E-state index contributed by atoms with van der Waals surface area (Å²) in [7, 11) is 0. The van der Waals surface area contributed by atoms with Crippen LogP contribution in [-0.2, 0) is 17.0 Å². The van der Waals surface area contributed by atoms with E-state index in [0.717, 1.165) is 27.1 Å². The van der Waals surface area contributed by atoms with Gasteiger partial charge in [-0.1, -0.05) is 62.7 Å². The van der Waals surface area contributed by atoms with Crippen LogP contribution in [0.2, 0.25) is 0 Å². The fourth-order valence-electron chi connectivity index (χ4n) is 2.82. The lowest BCUT2D eigenvalue weighted by Crippen LogP contribution is -2.12. The zero-order valence-electron chi connectivity index (χ0n) is 16.6. The number of aromatic nitrogens is 5. The lowest BCUT2D eigenvalue weighted by atomic mass is 10.1. The first-order chi connectivity index (χ1) is 15.0. The molecule has 8 nitrogen and oxygen atoms in total. The van der Waals surface area contributed by atoms with Crippen LogP contribution in [0.5, 0.6) is 0 Å². The molecule has 31 heavy (non-hydrogen) atoms. The van der Waals surface area contributed by atoms with Crippen molar-refractivity contribution in [1.29, 1.82) is 0 Å². The Morgan fingerprint density at radius 2 is 2.06 bits per heavy atom. The number of nitrogens with zero attached hydrogens (tertiary/aromatic N) is 4. The van der Waals surface area contributed by atoms with E-state index in [2.05, 4.69) is 46.6 Å². The summed E-state index contributed by atoms with van der Waals surface area (Å²) in [6.45, 7) is 2.04. The van der Waals surface area contributed by atoms with E-state index in [1.807, 2.05) is 55.5 Å². The number of aryl methyl sites for hydroxylation is 2. The summed E-state index contributed by atoms with van der Waals surface area (Å²) in [5, 5.41) is 14.6. The van der Waals surface area contributed by atoms with Gasteiger partial charge in [0.25, 0.3) is 0 Å². The zero-order valence-corrected chi connectivity index (χ0v) is 19.0. The van der Waals surface area contributed by atoms with Crippen molar-refractivity contribution in [3.05, 3.63) is 70.3 Å². The van der Waals surface area contributed by atoms with Gasteiger partial charge in [-0.25, -0.2) is 4.98 Å². The third-order valence-electron chi connectivity index (χ3n) is 4.27. The predicted octanol–water partition coefficient (Wildman–Crippen LogP) is 4.79. The van der Waals surface area contributed by atoms with Crippen molar-refractivity contribution in [2.24, 2.45) is 0 Å². The van der Waals surface area contributed by atoms with Gasteiger partial charge < -0.3 is 9.84 Å². The van der Waals surface area contributed by atoms with E-state index in [0.29, 0.717) is 29.0 Å². The maximum atomic E-state index is 12.1. The number of carbonyl (C=O) groups excluding carboxylic acids is 1. The molecule has 4 rings (SSSR count). The average molecular weight is 499 g/mol. The molecule has 0 atom stereocenters. The molecular formula is C21H19BrN6O2S. The van der Waals surface area contributed by atoms with Crippen LogP contribution in [0.25, 0.3) is 11.4 Å². The number of rotatable bonds is 8. The molecule has 4 aromatic rings. The highest BCUT2D eigenvalue weighted by molar-refractivity contribution is 9.10. The number of H-pyrrole nitrogens is 1. The fraction of sp³-hybridized carbons (Fsp3) is 0.190. The lowest BCUT2D eigenvalue weighted by molar-refractivity contribution is -0.116.